The van der Waals surface area contributed by atoms with Gasteiger partial charge in [-0.1, -0.05) is 158 Å². The number of rotatable bonds is 4. The Balaban J connectivity index is 1.12. The minimum absolute atomic E-state index is 1.16. The van der Waals surface area contributed by atoms with Gasteiger partial charge in [0.1, 0.15) is 0 Å². The fourth-order valence-corrected chi connectivity index (χ4v) is 9.33. The van der Waals surface area contributed by atoms with Crippen LogP contribution >= 0.6 is 0 Å². The van der Waals surface area contributed by atoms with Crippen LogP contribution in [-0.2, 0) is 0 Å². The molecule has 0 unspecified atom stereocenters. The van der Waals surface area contributed by atoms with E-state index in [9.17, 15) is 0 Å². The smallest absolute Gasteiger partial charge is 0.0541 e. The Morgan fingerprint density at radius 1 is 0.255 bits per heavy atom. The number of hydrogen-bond acceptors (Lipinski definition) is 0. The van der Waals surface area contributed by atoms with Gasteiger partial charge in [0.15, 0.2) is 0 Å². The van der Waals surface area contributed by atoms with Gasteiger partial charge in [0.2, 0.25) is 0 Å². The summed E-state index contributed by atoms with van der Waals surface area (Å²) in [6.45, 7) is 0. The van der Waals surface area contributed by atoms with Gasteiger partial charge in [-0.15, -0.1) is 0 Å². The Labute approximate surface area is 318 Å². The second-order valence-electron chi connectivity index (χ2n) is 14.9. The predicted octanol–water partition coefficient (Wildman–Crippen LogP) is 15.0. The molecular weight excluding hydrogens is 663 g/mol. The average molecular weight is 696 g/mol. The zero-order chi connectivity index (χ0) is 36.0. The molecule has 0 aliphatic rings. The van der Waals surface area contributed by atoms with Gasteiger partial charge >= 0.3 is 0 Å². The fraction of sp³-hybridized carbons (Fsp3) is 0. The Hall–Kier alpha value is -7.22. The number of para-hydroxylation sites is 2. The lowest BCUT2D eigenvalue weighted by Gasteiger charge is -2.20. The van der Waals surface area contributed by atoms with Gasteiger partial charge in [-0.05, 0) is 130 Å². The SMILES string of the molecule is c1ccc2cc(-c3ccc4ccc5c(-c6ccc7ccccc7c6)cc(-c6ccc(-n7c8ccccc8c8ccccc87)cc6)c6ccc3c4c65)ccc2c1. The molecule has 0 spiro atoms. The predicted molar refractivity (Wildman–Crippen MR) is 236 cm³/mol. The van der Waals surface area contributed by atoms with Gasteiger partial charge < -0.3 is 4.57 Å². The monoisotopic (exact) mass is 695 g/mol. The second kappa shape index (κ2) is 11.6. The van der Waals surface area contributed by atoms with Gasteiger partial charge in [0.05, 0.1) is 11.0 Å². The summed E-state index contributed by atoms with van der Waals surface area (Å²) in [6, 6.07) is 74.2. The molecule has 1 nitrogen and oxygen atoms in total. The summed E-state index contributed by atoms with van der Waals surface area (Å²) in [5.74, 6) is 0. The highest BCUT2D eigenvalue weighted by Crippen LogP contribution is 2.46. The second-order valence-corrected chi connectivity index (χ2v) is 14.9. The molecule has 0 saturated heterocycles. The van der Waals surface area contributed by atoms with E-state index in [4.69, 9.17) is 0 Å². The van der Waals surface area contributed by atoms with Crippen LogP contribution < -0.4 is 0 Å². The van der Waals surface area contributed by atoms with E-state index in [1.54, 1.807) is 0 Å². The number of benzene rings is 11. The number of fused-ring (bicyclic) bond motifs is 5. The number of nitrogens with zero attached hydrogens (tertiary/aromatic N) is 1. The van der Waals surface area contributed by atoms with E-state index in [-0.39, 0.29) is 0 Å². The van der Waals surface area contributed by atoms with Crippen LogP contribution in [0.5, 0.6) is 0 Å². The number of hydrogen-bond donors (Lipinski definition) is 0. The molecule has 0 fully saturated rings. The van der Waals surface area contributed by atoms with Crippen molar-refractivity contribution in [1.29, 1.82) is 0 Å². The molecule has 1 aromatic heterocycles. The third-order valence-corrected chi connectivity index (χ3v) is 11.9. The molecule has 12 rings (SSSR count). The molecule has 0 saturated carbocycles. The van der Waals surface area contributed by atoms with Gasteiger partial charge in [-0.25, -0.2) is 0 Å². The van der Waals surface area contributed by atoms with Crippen molar-refractivity contribution in [2.24, 2.45) is 0 Å². The van der Waals surface area contributed by atoms with Crippen molar-refractivity contribution in [2.75, 3.05) is 0 Å². The van der Waals surface area contributed by atoms with E-state index in [1.807, 2.05) is 0 Å². The maximum absolute atomic E-state index is 2.44. The third-order valence-electron chi connectivity index (χ3n) is 11.9. The molecule has 0 aliphatic carbocycles. The highest BCUT2D eigenvalue weighted by atomic mass is 15.0. The lowest BCUT2D eigenvalue weighted by molar-refractivity contribution is 1.18. The summed E-state index contributed by atoms with van der Waals surface area (Å²) in [6.07, 6.45) is 0. The topological polar surface area (TPSA) is 4.93 Å². The molecule has 12 aromatic rings. The van der Waals surface area contributed by atoms with Gasteiger partial charge in [-0.2, -0.15) is 0 Å². The molecular formula is C54H33N. The van der Waals surface area contributed by atoms with E-state index in [1.165, 1.54) is 109 Å². The van der Waals surface area contributed by atoms with Crippen LogP contribution in [-0.4, -0.2) is 4.57 Å². The Bertz CT molecular complexity index is 3420. The first-order chi connectivity index (χ1) is 27.3. The molecule has 0 atom stereocenters. The van der Waals surface area contributed by atoms with Crippen LogP contribution in [0.3, 0.4) is 0 Å². The zero-order valence-corrected chi connectivity index (χ0v) is 30.0. The summed E-state index contributed by atoms with van der Waals surface area (Å²) in [5.41, 5.74) is 11.1. The van der Waals surface area contributed by atoms with Crippen molar-refractivity contribution < 1.29 is 0 Å². The van der Waals surface area contributed by atoms with Crippen molar-refractivity contribution in [3.05, 3.63) is 200 Å². The Morgan fingerprint density at radius 3 is 1.35 bits per heavy atom. The Kier molecular flexibility index (Phi) is 6.40. The zero-order valence-electron chi connectivity index (χ0n) is 30.0. The van der Waals surface area contributed by atoms with Crippen LogP contribution in [0.25, 0.3) is 115 Å². The Morgan fingerprint density at radius 2 is 0.709 bits per heavy atom. The fourth-order valence-electron chi connectivity index (χ4n) is 9.33. The third kappa shape index (κ3) is 4.54. The van der Waals surface area contributed by atoms with Gasteiger partial charge in [-0.3, -0.25) is 0 Å². The van der Waals surface area contributed by atoms with Gasteiger partial charge in [0.25, 0.3) is 0 Å². The van der Waals surface area contributed by atoms with E-state index in [2.05, 4.69) is 205 Å². The lowest BCUT2D eigenvalue weighted by Crippen LogP contribution is -1.95. The molecule has 0 radical (unpaired) electrons. The highest BCUT2D eigenvalue weighted by Gasteiger charge is 2.19. The van der Waals surface area contributed by atoms with Gasteiger partial charge in [0, 0.05) is 16.5 Å². The molecule has 254 valence electrons. The summed E-state index contributed by atoms with van der Waals surface area (Å²) < 4.78 is 2.40. The molecule has 55 heavy (non-hydrogen) atoms. The minimum atomic E-state index is 1.16. The molecule has 1 heterocycles. The van der Waals surface area contributed by atoms with E-state index < -0.39 is 0 Å². The van der Waals surface area contributed by atoms with Crippen molar-refractivity contribution in [2.45, 2.75) is 0 Å². The summed E-state index contributed by atoms with van der Waals surface area (Å²) in [5, 5.41) is 15.3. The van der Waals surface area contributed by atoms with E-state index >= 15 is 0 Å². The van der Waals surface area contributed by atoms with Crippen LogP contribution in [0.4, 0.5) is 0 Å². The highest BCUT2D eigenvalue weighted by molar-refractivity contribution is 6.30. The molecule has 0 aliphatic heterocycles. The molecule has 0 amide bonds. The van der Waals surface area contributed by atoms with Crippen LogP contribution in [0.1, 0.15) is 0 Å². The minimum Gasteiger partial charge on any atom is -0.309 e. The van der Waals surface area contributed by atoms with E-state index in [0.717, 1.165) is 5.69 Å². The van der Waals surface area contributed by atoms with Crippen molar-refractivity contribution in [3.63, 3.8) is 0 Å². The summed E-state index contributed by atoms with van der Waals surface area (Å²) in [4.78, 5) is 0. The lowest BCUT2D eigenvalue weighted by atomic mass is 9.83. The standard InChI is InChI=1S/C54H33N/c1-3-11-38-31-40(19-17-34(38)9-1)43-27-23-37-24-28-47-50(41-20-18-35-10-2-4-12-39(35)32-41)33-49(48-30-29-46(43)53(37)54(47)48)36-21-25-42(26-22-36)55-51-15-7-5-13-44(51)45-14-6-8-16-52(45)55/h1-33H. The molecule has 1 heteroatoms. The molecule has 0 N–H and O–H groups in total. The van der Waals surface area contributed by atoms with Crippen molar-refractivity contribution >= 4 is 75.7 Å². The van der Waals surface area contributed by atoms with Crippen LogP contribution in [0.15, 0.2) is 200 Å². The normalized spacial score (nSPS) is 12.0. The number of aromatic nitrogens is 1. The van der Waals surface area contributed by atoms with Crippen LogP contribution in [0, 0.1) is 0 Å². The van der Waals surface area contributed by atoms with Crippen LogP contribution in [0.2, 0.25) is 0 Å². The van der Waals surface area contributed by atoms with E-state index in [0.29, 0.717) is 0 Å². The summed E-state index contributed by atoms with van der Waals surface area (Å²) >= 11 is 0. The average Bonchev–Trinajstić information content (AvgIpc) is 3.59. The largest absolute Gasteiger partial charge is 0.309 e. The maximum atomic E-state index is 2.44. The maximum Gasteiger partial charge on any atom is 0.0541 e. The first-order valence-electron chi connectivity index (χ1n) is 19.1. The van der Waals surface area contributed by atoms with Crippen molar-refractivity contribution in [1.82, 2.24) is 4.57 Å². The first-order valence-corrected chi connectivity index (χ1v) is 19.1. The quantitative estimate of drug-likeness (QED) is 0.162. The summed E-state index contributed by atoms with van der Waals surface area (Å²) in [7, 11) is 0. The van der Waals surface area contributed by atoms with Crippen molar-refractivity contribution in [3.8, 4) is 39.1 Å². The molecule has 0 bridgehead atoms. The molecule has 11 aromatic carbocycles. The first kappa shape index (κ1) is 30.3.